The second-order valence-electron chi connectivity index (χ2n) is 8.94. The highest BCUT2D eigenvalue weighted by Gasteiger charge is 2.14. The molecular formula is C32H28F2N4O3S2. The molecule has 0 saturated carbocycles. The van der Waals surface area contributed by atoms with Crippen molar-refractivity contribution < 1.29 is 22.0 Å². The molecule has 7 nitrogen and oxygen atoms in total. The number of hydrogen-bond donors (Lipinski definition) is 2. The maximum Gasteiger partial charge on any atom is 0.152 e. The van der Waals surface area contributed by atoms with Crippen LogP contribution in [-0.2, 0) is 28.0 Å². The van der Waals surface area contributed by atoms with Crippen LogP contribution in [0, 0.1) is 23.0 Å². The van der Waals surface area contributed by atoms with E-state index in [1.165, 1.54) is 24.3 Å². The van der Waals surface area contributed by atoms with Gasteiger partial charge >= 0.3 is 0 Å². The largest absolute Gasteiger partial charge is 0.396 e. The molecule has 5 rings (SSSR count). The molecule has 0 radical (unpaired) electrons. The normalized spacial score (nSPS) is 11.6. The number of rotatable bonds is 5. The van der Waals surface area contributed by atoms with Crippen LogP contribution in [0.2, 0.25) is 0 Å². The van der Waals surface area contributed by atoms with Gasteiger partial charge in [0.05, 0.1) is 39.8 Å². The standard InChI is InChI=1S/C16H13FN2OS.C9H9NOS.C7H6FNO/c1-21(20)14-8-3-2-6-11(14)12-9-10-5-4-7-13(17)15(10)19-16(12)18;1-12(11)9-5-3-2-4-8(9)6-7-10;8-6-3-1-2-5(4-10)7(6)9/h2-9H,1H3,(H2,18,19);2-5H,6H2,1H3;1-4H,9H2. The number of nitriles is 1. The number of halogens is 2. The topological polar surface area (TPSA) is 140 Å². The first-order chi connectivity index (χ1) is 20.6. The van der Waals surface area contributed by atoms with Crippen LogP contribution >= 0.6 is 0 Å². The number of carbonyl (C=O) groups excluding carboxylic acids is 1. The third-order valence-electron chi connectivity index (χ3n) is 6.08. The number of anilines is 2. The highest BCUT2D eigenvalue weighted by Crippen LogP contribution is 2.32. The zero-order valence-corrected chi connectivity index (χ0v) is 24.9. The Morgan fingerprint density at radius 2 is 1.42 bits per heavy atom. The lowest BCUT2D eigenvalue weighted by Gasteiger charge is -2.11. The van der Waals surface area contributed by atoms with Crippen molar-refractivity contribution >= 4 is 50.3 Å². The van der Waals surface area contributed by atoms with E-state index >= 15 is 0 Å². The van der Waals surface area contributed by atoms with Crippen LogP contribution < -0.4 is 11.5 Å². The van der Waals surface area contributed by atoms with Crippen LogP contribution in [0.5, 0.6) is 0 Å². The third kappa shape index (κ3) is 8.38. The molecule has 5 aromatic rings. The van der Waals surface area contributed by atoms with Crippen molar-refractivity contribution in [2.75, 3.05) is 24.0 Å². The number of fused-ring (bicyclic) bond motifs is 1. The molecule has 2 unspecified atom stereocenters. The Kier molecular flexibility index (Phi) is 11.8. The number of aldehydes is 1. The van der Waals surface area contributed by atoms with E-state index in [1.807, 2.05) is 42.5 Å². The lowest BCUT2D eigenvalue weighted by Crippen LogP contribution is -1.99. The van der Waals surface area contributed by atoms with Gasteiger partial charge in [-0.25, -0.2) is 13.8 Å². The summed E-state index contributed by atoms with van der Waals surface area (Å²) in [7, 11) is -2.14. The fourth-order valence-electron chi connectivity index (χ4n) is 4.00. The average Bonchev–Trinajstić information content (AvgIpc) is 3.00. The Morgan fingerprint density at radius 3 is 2.05 bits per heavy atom. The van der Waals surface area contributed by atoms with E-state index in [0.29, 0.717) is 28.6 Å². The molecule has 4 N–H and O–H groups in total. The van der Waals surface area contributed by atoms with Crippen molar-refractivity contribution in [1.29, 1.82) is 5.26 Å². The van der Waals surface area contributed by atoms with Crippen molar-refractivity contribution in [2.45, 2.75) is 16.2 Å². The van der Waals surface area contributed by atoms with Crippen LogP contribution in [-0.4, -0.2) is 32.2 Å². The van der Waals surface area contributed by atoms with Crippen molar-refractivity contribution in [1.82, 2.24) is 4.98 Å². The summed E-state index contributed by atoms with van der Waals surface area (Å²) in [5, 5.41) is 9.14. The average molecular weight is 619 g/mol. The molecule has 11 heteroatoms. The van der Waals surface area contributed by atoms with E-state index in [9.17, 15) is 22.0 Å². The molecule has 2 atom stereocenters. The van der Waals surface area contributed by atoms with Gasteiger partial charge in [0.1, 0.15) is 23.0 Å². The molecular weight excluding hydrogens is 591 g/mol. The second-order valence-corrected chi connectivity index (χ2v) is 11.6. The molecule has 0 amide bonds. The van der Waals surface area contributed by atoms with Crippen molar-refractivity contribution in [3.8, 4) is 17.2 Å². The predicted molar refractivity (Wildman–Crippen MR) is 168 cm³/mol. The quantitative estimate of drug-likeness (QED) is 0.180. The minimum absolute atomic E-state index is 0.0856. The first kappa shape index (κ1) is 32.7. The molecule has 0 aliphatic carbocycles. The van der Waals surface area contributed by atoms with Gasteiger partial charge in [0.2, 0.25) is 0 Å². The maximum atomic E-state index is 13.7. The number of pyridine rings is 1. The van der Waals surface area contributed by atoms with E-state index in [2.05, 4.69) is 4.98 Å². The zero-order chi connectivity index (χ0) is 31.5. The molecule has 1 aromatic heterocycles. The monoisotopic (exact) mass is 618 g/mol. The molecule has 0 aliphatic heterocycles. The van der Waals surface area contributed by atoms with E-state index in [1.54, 1.807) is 42.8 Å². The highest BCUT2D eigenvalue weighted by molar-refractivity contribution is 7.84. The smallest absolute Gasteiger partial charge is 0.152 e. The lowest BCUT2D eigenvalue weighted by molar-refractivity contribution is 0.112. The zero-order valence-electron chi connectivity index (χ0n) is 23.3. The summed E-state index contributed by atoms with van der Waals surface area (Å²) < 4.78 is 49.2. The Hall–Kier alpha value is -4.79. The number of aromatic nitrogens is 1. The van der Waals surface area contributed by atoms with Gasteiger partial charge in [0.15, 0.2) is 6.29 Å². The van der Waals surface area contributed by atoms with Crippen molar-refractivity contribution in [2.24, 2.45) is 0 Å². The molecule has 0 spiro atoms. The van der Waals surface area contributed by atoms with Gasteiger partial charge in [-0.05, 0) is 42.0 Å². The van der Waals surface area contributed by atoms with Crippen molar-refractivity contribution in [3.63, 3.8) is 0 Å². The summed E-state index contributed by atoms with van der Waals surface area (Å²) in [6, 6.07) is 27.3. The number of nitrogens with zero attached hydrogens (tertiary/aromatic N) is 2. The molecule has 0 bridgehead atoms. The predicted octanol–water partition coefficient (Wildman–Crippen LogP) is 6.07. The van der Waals surface area contributed by atoms with Crippen LogP contribution in [0.15, 0.2) is 101 Å². The van der Waals surface area contributed by atoms with E-state index < -0.39 is 33.2 Å². The maximum absolute atomic E-state index is 13.7. The van der Waals surface area contributed by atoms with Gasteiger partial charge < -0.3 is 11.5 Å². The molecule has 43 heavy (non-hydrogen) atoms. The fourth-order valence-corrected chi connectivity index (χ4v) is 5.54. The van der Waals surface area contributed by atoms with Crippen LogP contribution in [0.4, 0.5) is 20.3 Å². The number of hydrogen-bond acceptors (Lipinski definition) is 7. The molecule has 1 heterocycles. The van der Waals surface area contributed by atoms with E-state index in [4.69, 9.17) is 16.7 Å². The summed E-state index contributed by atoms with van der Waals surface area (Å²) >= 11 is 0. The fraction of sp³-hybridized carbons (Fsp3) is 0.0938. The summed E-state index contributed by atoms with van der Waals surface area (Å²) in [4.78, 5) is 15.7. The highest BCUT2D eigenvalue weighted by atomic mass is 32.2. The van der Waals surface area contributed by atoms with E-state index in [0.717, 1.165) is 16.0 Å². The minimum atomic E-state index is -1.14. The Labute approximate surface area is 253 Å². The molecule has 0 aliphatic rings. The van der Waals surface area contributed by atoms with Crippen LogP contribution in [0.1, 0.15) is 15.9 Å². The molecule has 4 aromatic carbocycles. The number of benzene rings is 4. The van der Waals surface area contributed by atoms with Gasteiger partial charge in [-0.1, -0.05) is 54.6 Å². The molecule has 220 valence electrons. The summed E-state index contributed by atoms with van der Waals surface area (Å²) in [5.74, 6) is -0.729. The molecule has 0 fully saturated rings. The van der Waals surface area contributed by atoms with Gasteiger partial charge in [-0.3, -0.25) is 13.2 Å². The van der Waals surface area contributed by atoms with Crippen LogP contribution in [0.3, 0.4) is 0 Å². The number of carbonyl (C=O) groups is 1. The van der Waals surface area contributed by atoms with Crippen molar-refractivity contribution in [3.05, 3.63) is 114 Å². The summed E-state index contributed by atoms with van der Waals surface area (Å²) in [5.41, 5.74) is 13.8. The number of nitrogen functional groups attached to an aromatic ring is 2. The van der Waals surface area contributed by atoms with E-state index in [-0.39, 0.29) is 22.6 Å². The third-order valence-corrected chi connectivity index (χ3v) is 8.07. The Bertz CT molecular complexity index is 1860. The minimum Gasteiger partial charge on any atom is -0.396 e. The first-order valence-electron chi connectivity index (χ1n) is 12.6. The summed E-state index contributed by atoms with van der Waals surface area (Å²) in [6.45, 7) is 0. The lowest BCUT2D eigenvalue weighted by atomic mass is 10.0. The summed E-state index contributed by atoms with van der Waals surface area (Å²) in [6.07, 6.45) is 4.09. The number of para-hydroxylation sites is 2. The SMILES string of the molecule is CS(=O)c1ccccc1-c1cc2cccc(F)c2nc1N.CS(=O)c1ccccc1CC#N.Nc1c(F)cccc1C=O. The van der Waals surface area contributed by atoms with Gasteiger partial charge in [-0.15, -0.1) is 0 Å². The van der Waals surface area contributed by atoms with Gasteiger partial charge in [-0.2, -0.15) is 5.26 Å². The number of nitrogens with two attached hydrogens (primary N) is 2. The Balaban J connectivity index is 0.000000195. The van der Waals surface area contributed by atoms with Gasteiger partial charge in [0.25, 0.3) is 0 Å². The van der Waals surface area contributed by atoms with Crippen LogP contribution in [0.25, 0.3) is 22.0 Å². The van der Waals surface area contributed by atoms with Gasteiger partial charge in [0, 0.05) is 44.4 Å². The molecule has 0 saturated heterocycles. The first-order valence-corrected chi connectivity index (χ1v) is 15.8. The Morgan fingerprint density at radius 1 is 0.814 bits per heavy atom. The second kappa shape index (κ2) is 15.4.